The van der Waals surface area contributed by atoms with Gasteiger partial charge in [0.25, 0.3) is 0 Å². The van der Waals surface area contributed by atoms with Gasteiger partial charge >= 0.3 is 0 Å². The van der Waals surface area contributed by atoms with Crippen LogP contribution in [-0.4, -0.2) is 19.0 Å². The number of hydrogen-bond donors (Lipinski definition) is 0. The molecule has 0 atom stereocenters. The van der Waals surface area contributed by atoms with Crippen molar-refractivity contribution in [3.63, 3.8) is 0 Å². The minimum absolute atomic E-state index is 0.0236. The highest BCUT2D eigenvalue weighted by Crippen LogP contribution is 2.31. The summed E-state index contributed by atoms with van der Waals surface area (Å²) in [5.74, 6) is 1.30. The number of ether oxygens (including phenoxy) is 2. The maximum atomic E-state index is 12.3. The Bertz CT molecular complexity index is 620. The molecule has 3 rings (SSSR count). The molecule has 0 unspecified atom stereocenters. The van der Waals surface area contributed by atoms with Crippen molar-refractivity contribution >= 4 is 21.7 Å². The second kappa shape index (κ2) is 5.05. The Balaban J connectivity index is 1.93. The van der Waals surface area contributed by atoms with Crippen LogP contribution in [0, 0.1) is 0 Å². The summed E-state index contributed by atoms with van der Waals surface area (Å²) in [6.07, 6.45) is 0. The van der Waals surface area contributed by atoms with Crippen LogP contribution in [-0.2, 0) is 0 Å². The highest BCUT2D eigenvalue weighted by Gasteiger charge is 2.15. The van der Waals surface area contributed by atoms with E-state index in [-0.39, 0.29) is 5.78 Å². The highest BCUT2D eigenvalue weighted by molar-refractivity contribution is 9.10. The van der Waals surface area contributed by atoms with Gasteiger partial charge in [0, 0.05) is 15.6 Å². The zero-order chi connectivity index (χ0) is 13.2. The van der Waals surface area contributed by atoms with Crippen LogP contribution in [0.4, 0.5) is 0 Å². The van der Waals surface area contributed by atoms with Crippen LogP contribution in [0.3, 0.4) is 0 Å². The van der Waals surface area contributed by atoms with Crippen molar-refractivity contribution in [1.29, 1.82) is 0 Å². The second-order valence-electron chi connectivity index (χ2n) is 4.19. The van der Waals surface area contributed by atoms with Gasteiger partial charge in [-0.3, -0.25) is 4.79 Å². The number of rotatable bonds is 2. The summed E-state index contributed by atoms with van der Waals surface area (Å²) in [6.45, 7) is 1.07. The summed E-state index contributed by atoms with van der Waals surface area (Å²) in [7, 11) is 0. The maximum Gasteiger partial charge on any atom is 0.193 e. The molecule has 0 aromatic heterocycles. The minimum Gasteiger partial charge on any atom is -0.486 e. The molecule has 3 nitrogen and oxygen atoms in total. The van der Waals surface area contributed by atoms with Crippen LogP contribution < -0.4 is 9.47 Å². The normalized spacial score (nSPS) is 13.1. The molecule has 2 aromatic rings. The number of benzene rings is 2. The van der Waals surface area contributed by atoms with Crippen molar-refractivity contribution in [3.8, 4) is 11.5 Å². The lowest BCUT2D eigenvalue weighted by atomic mass is 10.0. The molecular formula is C15H11BrO3. The van der Waals surface area contributed by atoms with Crippen molar-refractivity contribution in [3.05, 3.63) is 58.1 Å². The fraction of sp³-hybridized carbons (Fsp3) is 0.133. The monoisotopic (exact) mass is 318 g/mol. The van der Waals surface area contributed by atoms with Gasteiger partial charge in [-0.15, -0.1) is 0 Å². The third-order valence-corrected chi connectivity index (χ3v) is 3.44. The van der Waals surface area contributed by atoms with E-state index < -0.39 is 0 Å². The molecule has 4 heteroatoms. The Morgan fingerprint density at radius 2 is 1.53 bits per heavy atom. The lowest BCUT2D eigenvalue weighted by Gasteiger charge is -2.18. The first kappa shape index (κ1) is 12.2. The summed E-state index contributed by atoms with van der Waals surface area (Å²) >= 11 is 3.35. The lowest BCUT2D eigenvalue weighted by Crippen LogP contribution is -2.15. The van der Waals surface area contributed by atoms with Gasteiger partial charge in [0.15, 0.2) is 17.3 Å². The van der Waals surface area contributed by atoms with E-state index in [0.29, 0.717) is 35.8 Å². The Morgan fingerprint density at radius 3 is 2.26 bits per heavy atom. The van der Waals surface area contributed by atoms with Gasteiger partial charge in [0.1, 0.15) is 13.2 Å². The largest absolute Gasteiger partial charge is 0.486 e. The number of fused-ring (bicyclic) bond motifs is 1. The molecule has 0 bridgehead atoms. The molecule has 0 fully saturated rings. The van der Waals surface area contributed by atoms with Crippen molar-refractivity contribution in [2.45, 2.75) is 0 Å². The third kappa shape index (κ3) is 2.49. The number of carbonyl (C=O) groups excluding carboxylic acids is 1. The van der Waals surface area contributed by atoms with E-state index in [1.165, 1.54) is 0 Å². The Morgan fingerprint density at radius 1 is 0.895 bits per heavy atom. The van der Waals surface area contributed by atoms with E-state index in [1.807, 2.05) is 12.1 Å². The Kier molecular flexibility index (Phi) is 3.25. The van der Waals surface area contributed by atoms with Gasteiger partial charge in [0.2, 0.25) is 0 Å². The van der Waals surface area contributed by atoms with Crippen LogP contribution in [0.1, 0.15) is 15.9 Å². The van der Waals surface area contributed by atoms with Crippen LogP contribution in [0.5, 0.6) is 11.5 Å². The van der Waals surface area contributed by atoms with E-state index in [4.69, 9.17) is 9.47 Å². The van der Waals surface area contributed by atoms with Gasteiger partial charge in [-0.25, -0.2) is 0 Å². The first-order chi connectivity index (χ1) is 9.24. The maximum absolute atomic E-state index is 12.3. The smallest absolute Gasteiger partial charge is 0.193 e. The van der Waals surface area contributed by atoms with E-state index in [0.717, 1.165) is 4.47 Å². The molecule has 0 radical (unpaired) electrons. The number of hydrogen-bond acceptors (Lipinski definition) is 3. The number of carbonyl (C=O) groups is 1. The Labute approximate surface area is 119 Å². The molecule has 0 saturated heterocycles. The Hall–Kier alpha value is -1.81. The molecule has 1 aliphatic heterocycles. The zero-order valence-corrected chi connectivity index (χ0v) is 11.6. The van der Waals surface area contributed by atoms with E-state index in [2.05, 4.69) is 15.9 Å². The number of halogens is 1. The van der Waals surface area contributed by atoms with Gasteiger partial charge in [-0.1, -0.05) is 15.9 Å². The molecule has 0 N–H and O–H groups in total. The minimum atomic E-state index is -0.0236. The predicted octanol–water partition coefficient (Wildman–Crippen LogP) is 3.45. The van der Waals surface area contributed by atoms with Crippen LogP contribution in [0.2, 0.25) is 0 Å². The van der Waals surface area contributed by atoms with Gasteiger partial charge < -0.3 is 9.47 Å². The van der Waals surface area contributed by atoms with Crippen molar-refractivity contribution < 1.29 is 14.3 Å². The summed E-state index contributed by atoms with van der Waals surface area (Å²) in [6, 6.07) is 12.6. The molecule has 0 aliphatic carbocycles. The summed E-state index contributed by atoms with van der Waals surface area (Å²) in [5, 5.41) is 0. The van der Waals surface area contributed by atoms with Gasteiger partial charge in [0.05, 0.1) is 0 Å². The molecule has 0 amide bonds. The molecule has 0 saturated carbocycles. The second-order valence-corrected chi connectivity index (χ2v) is 5.11. The average molecular weight is 319 g/mol. The highest BCUT2D eigenvalue weighted by atomic mass is 79.9. The topological polar surface area (TPSA) is 35.5 Å². The summed E-state index contributed by atoms with van der Waals surface area (Å²) in [5.41, 5.74) is 1.26. The first-order valence-electron chi connectivity index (χ1n) is 5.94. The zero-order valence-electron chi connectivity index (χ0n) is 10.1. The summed E-state index contributed by atoms with van der Waals surface area (Å²) < 4.78 is 11.9. The SMILES string of the molecule is O=C(c1ccc(Br)cc1)c1ccc2c(c1)OCCO2. The molecule has 19 heavy (non-hydrogen) atoms. The molecule has 1 aliphatic rings. The van der Waals surface area contributed by atoms with E-state index >= 15 is 0 Å². The third-order valence-electron chi connectivity index (χ3n) is 2.91. The van der Waals surface area contributed by atoms with Crippen LogP contribution in [0.15, 0.2) is 46.9 Å². The molecular weight excluding hydrogens is 308 g/mol. The molecule has 2 aromatic carbocycles. The molecule has 0 spiro atoms. The van der Waals surface area contributed by atoms with Crippen molar-refractivity contribution in [2.24, 2.45) is 0 Å². The van der Waals surface area contributed by atoms with Crippen LogP contribution >= 0.6 is 15.9 Å². The fourth-order valence-electron chi connectivity index (χ4n) is 1.95. The van der Waals surface area contributed by atoms with Crippen molar-refractivity contribution in [2.75, 3.05) is 13.2 Å². The molecule has 1 heterocycles. The van der Waals surface area contributed by atoms with Crippen LogP contribution in [0.25, 0.3) is 0 Å². The number of ketones is 1. The van der Waals surface area contributed by atoms with Gasteiger partial charge in [-0.05, 0) is 42.5 Å². The van der Waals surface area contributed by atoms with E-state index in [9.17, 15) is 4.79 Å². The lowest BCUT2D eigenvalue weighted by molar-refractivity contribution is 0.103. The van der Waals surface area contributed by atoms with Gasteiger partial charge in [-0.2, -0.15) is 0 Å². The van der Waals surface area contributed by atoms with E-state index in [1.54, 1.807) is 30.3 Å². The predicted molar refractivity (Wildman–Crippen MR) is 75.0 cm³/mol. The molecule has 96 valence electrons. The standard InChI is InChI=1S/C15H11BrO3/c16-12-4-1-10(2-5-12)15(17)11-3-6-13-14(9-11)19-8-7-18-13/h1-6,9H,7-8H2. The van der Waals surface area contributed by atoms with Crippen molar-refractivity contribution in [1.82, 2.24) is 0 Å². The first-order valence-corrected chi connectivity index (χ1v) is 6.73. The fourth-order valence-corrected chi connectivity index (χ4v) is 2.22. The average Bonchev–Trinajstić information content (AvgIpc) is 2.47. The quantitative estimate of drug-likeness (QED) is 0.796. The summed E-state index contributed by atoms with van der Waals surface area (Å²) in [4.78, 5) is 12.3.